The first-order chi connectivity index (χ1) is 9.20. The Morgan fingerprint density at radius 2 is 2.32 bits per heavy atom. The Balaban J connectivity index is 1.90. The topological polar surface area (TPSA) is 59.2 Å². The van der Waals surface area contributed by atoms with Gasteiger partial charge in [0.2, 0.25) is 5.91 Å². The molecule has 4 nitrogen and oxygen atoms in total. The molecule has 1 fully saturated rings. The van der Waals surface area contributed by atoms with E-state index in [0.717, 1.165) is 25.0 Å². The van der Waals surface area contributed by atoms with E-state index >= 15 is 0 Å². The highest BCUT2D eigenvalue weighted by molar-refractivity contribution is 5.76. The van der Waals surface area contributed by atoms with Crippen molar-refractivity contribution < 1.29 is 4.79 Å². The zero-order valence-electron chi connectivity index (χ0n) is 11.6. The fourth-order valence-corrected chi connectivity index (χ4v) is 2.10. The van der Waals surface area contributed by atoms with Gasteiger partial charge in [-0.3, -0.25) is 9.78 Å². The third kappa shape index (κ3) is 4.31. The molecule has 2 N–H and O–H groups in total. The fraction of sp³-hybridized carbons (Fsp3) is 0.600. The van der Waals surface area contributed by atoms with Crippen LogP contribution in [0, 0.1) is 5.92 Å². The fourth-order valence-electron chi connectivity index (χ4n) is 2.10. The lowest BCUT2D eigenvalue weighted by molar-refractivity contribution is -0.132. The first-order valence-electron chi connectivity index (χ1n) is 7.10. The molecule has 104 valence electrons. The average molecular weight is 261 g/mol. The van der Waals surface area contributed by atoms with Crippen LogP contribution in [0.3, 0.4) is 0 Å². The maximum atomic E-state index is 12.3. The molecule has 4 heteroatoms. The third-order valence-electron chi connectivity index (χ3n) is 3.62. The lowest BCUT2D eigenvalue weighted by atomic mass is 10.1. The number of rotatable bonds is 7. The molecule has 0 bridgehead atoms. The van der Waals surface area contributed by atoms with Crippen molar-refractivity contribution in [3.05, 3.63) is 30.1 Å². The van der Waals surface area contributed by atoms with Gasteiger partial charge in [-0.15, -0.1) is 0 Å². The Kier molecular flexibility index (Phi) is 4.91. The van der Waals surface area contributed by atoms with Gasteiger partial charge in [0.05, 0.1) is 12.2 Å². The summed E-state index contributed by atoms with van der Waals surface area (Å²) in [6.07, 6.45) is 5.51. The molecule has 1 amide bonds. The van der Waals surface area contributed by atoms with Gasteiger partial charge in [-0.05, 0) is 43.9 Å². The minimum Gasteiger partial charge on any atom is -0.334 e. The second kappa shape index (κ2) is 6.66. The Morgan fingerprint density at radius 1 is 1.53 bits per heavy atom. The Morgan fingerprint density at radius 3 is 2.89 bits per heavy atom. The van der Waals surface area contributed by atoms with Gasteiger partial charge in [-0.1, -0.05) is 13.0 Å². The molecule has 1 saturated carbocycles. The van der Waals surface area contributed by atoms with Crippen molar-refractivity contribution in [2.24, 2.45) is 11.7 Å². The molecule has 0 radical (unpaired) electrons. The van der Waals surface area contributed by atoms with E-state index in [1.807, 2.05) is 23.1 Å². The summed E-state index contributed by atoms with van der Waals surface area (Å²) in [5, 5.41) is 0. The molecular weight excluding hydrogens is 238 g/mol. The quantitative estimate of drug-likeness (QED) is 0.816. The van der Waals surface area contributed by atoms with Gasteiger partial charge in [0.25, 0.3) is 0 Å². The van der Waals surface area contributed by atoms with Crippen LogP contribution in [0.15, 0.2) is 24.4 Å². The zero-order valence-corrected chi connectivity index (χ0v) is 11.6. The van der Waals surface area contributed by atoms with Crippen molar-refractivity contribution in [2.45, 2.75) is 45.2 Å². The summed E-state index contributed by atoms with van der Waals surface area (Å²) in [4.78, 5) is 18.6. The van der Waals surface area contributed by atoms with Gasteiger partial charge in [-0.25, -0.2) is 0 Å². The number of carbonyl (C=O) groups is 1. The normalized spacial score (nSPS) is 16.1. The highest BCUT2D eigenvalue weighted by Gasteiger charge is 2.32. The molecule has 0 spiro atoms. The average Bonchev–Trinajstić information content (AvgIpc) is 3.27. The van der Waals surface area contributed by atoms with Crippen molar-refractivity contribution in [2.75, 3.05) is 6.54 Å². The summed E-state index contributed by atoms with van der Waals surface area (Å²) in [6, 6.07) is 6.28. The number of hydrogen-bond acceptors (Lipinski definition) is 3. The van der Waals surface area contributed by atoms with Gasteiger partial charge in [0.15, 0.2) is 0 Å². The smallest absolute Gasteiger partial charge is 0.223 e. The Bertz CT molecular complexity index is 403. The summed E-state index contributed by atoms with van der Waals surface area (Å²) >= 11 is 0. The van der Waals surface area contributed by atoms with Crippen LogP contribution in [-0.4, -0.2) is 28.4 Å². The van der Waals surface area contributed by atoms with Gasteiger partial charge in [0.1, 0.15) is 0 Å². The molecule has 2 rings (SSSR count). The molecule has 1 unspecified atom stereocenters. The molecule has 1 aromatic rings. The minimum atomic E-state index is 0.244. The maximum absolute atomic E-state index is 12.3. The van der Waals surface area contributed by atoms with Crippen LogP contribution in [0.5, 0.6) is 0 Å². The summed E-state index contributed by atoms with van der Waals surface area (Å²) in [5.74, 6) is 0.660. The van der Waals surface area contributed by atoms with Crippen molar-refractivity contribution in [1.82, 2.24) is 9.88 Å². The predicted octanol–water partition coefficient (Wildman–Crippen LogP) is 1.95. The summed E-state index contributed by atoms with van der Waals surface area (Å²) in [7, 11) is 0. The molecule has 1 heterocycles. The van der Waals surface area contributed by atoms with Gasteiger partial charge < -0.3 is 10.6 Å². The van der Waals surface area contributed by atoms with Crippen LogP contribution < -0.4 is 5.73 Å². The molecule has 0 saturated heterocycles. The second-order valence-corrected chi connectivity index (χ2v) is 5.45. The Labute approximate surface area is 115 Å². The summed E-state index contributed by atoms with van der Waals surface area (Å²) < 4.78 is 0. The summed E-state index contributed by atoms with van der Waals surface area (Å²) in [5.41, 5.74) is 6.56. The first-order valence-corrected chi connectivity index (χ1v) is 7.10. The largest absolute Gasteiger partial charge is 0.334 e. The summed E-state index contributed by atoms with van der Waals surface area (Å²) in [6.45, 7) is 3.38. The second-order valence-electron chi connectivity index (χ2n) is 5.45. The van der Waals surface area contributed by atoms with E-state index in [2.05, 4.69) is 11.9 Å². The number of amides is 1. The van der Waals surface area contributed by atoms with E-state index in [0.29, 0.717) is 31.5 Å². The van der Waals surface area contributed by atoms with E-state index < -0.39 is 0 Å². The van der Waals surface area contributed by atoms with E-state index in [9.17, 15) is 4.79 Å². The van der Waals surface area contributed by atoms with E-state index in [1.165, 1.54) is 0 Å². The van der Waals surface area contributed by atoms with Crippen molar-refractivity contribution in [3.63, 3.8) is 0 Å². The SMILES string of the molecule is CC(CN)CCC(=O)N(Cc1ccccn1)C1CC1. The number of nitrogens with zero attached hydrogens (tertiary/aromatic N) is 2. The van der Waals surface area contributed by atoms with E-state index in [1.54, 1.807) is 6.20 Å². The standard InChI is InChI=1S/C15H23N3O/c1-12(10-16)5-8-15(19)18(14-6-7-14)11-13-4-2-3-9-17-13/h2-4,9,12,14H,5-8,10-11,16H2,1H3. The van der Waals surface area contributed by atoms with Gasteiger partial charge in [0, 0.05) is 18.7 Å². The van der Waals surface area contributed by atoms with Gasteiger partial charge in [-0.2, -0.15) is 0 Å². The highest BCUT2D eigenvalue weighted by Crippen LogP contribution is 2.29. The maximum Gasteiger partial charge on any atom is 0.223 e. The molecule has 1 aliphatic carbocycles. The van der Waals surface area contributed by atoms with Crippen molar-refractivity contribution in [1.29, 1.82) is 0 Å². The van der Waals surface area contributed by atoms with Crippen molar-refractivity contribution >= 4 is 5.91 Å². The molecule has 19 heavy (non-hydrogen) atoms. The van der Waals surface area contributed by atoms with Crippen LogP contribution in [0.25, 0.3) is 0 Å². The number of nitrogens with two attached hydrogens (primary N) is 1. The molecule has 1 aromatic heterocycles. The number of carbonyl (C=O) groups excluding carboxylic acids is 1. The van der Waals surface area contributed by atoms with Crippen LogP contribution in [0.2, 0.25) is 0 Å². The van der Waals surface area contributed by atoms with Gasteiger partial charge >= 0.3 is 0 Å². The monoisotopic (exact) mass is 261 g/mol. The molecule has 1 aliphatic rings. The zero-order chi connectivity index (χ0) is 13.7. The van der Waals surface area contributed by atoms with Crippen LogP contribution in [0.1, 0.15) is 38.3 Å². The van der Waals surface area contributed by atoms with E-state index in [-0.39, 0.29) is 5.91 Å². The first kappa shape index (κ1) is 14.0. The molecular formula is C15H23N3O. The molecule has 1 atom stereocenters. The third-order valence-corrected chi connectivity index (χ3v) is 3.62. The van der Waals surface area contributed by atoms with E-state index in [4.69, 9.17) is 5.73 Å². The Hall–Kier alpha value is -1.42. The number of pyridine rings is 1. The van der Waals surface area contributed by atoms with Crippen LogP contribution >= 0.6 is 0 Å². The number of aromatic nitrogens is 1. The van der Waals surface area contributed by atoms with Crippen LogP contribution in [0.4, 0.5) is 0 Å². The molecule has 0 aromatic carbocycles. The van der Waals surface area contributed by atoms with Crippen molar-refractivity contribution in [3.8, 4) is 0 Å². The molecule has 0 aliphatic heterocycles. The minimum absolute atomic E-state index is 0.244. The lowest BCUT2D eigenvalue weighted by Gasteiger charge is -2.22. The lowest BCUT2D eigenvalue weighted by Crippen LogP contribution is -2.33. The highest BCUT2D eigenvalue weighted by atomic mass is 16.2. The number of hydrogen-bond donors (Lipinski definition) is 1. The van der Waals surface area contributed by atoms with Crippen LogP contribution in [-0.2, 0) is 11.3 Å². The predicted molar refractivity (Wildman–Crippen MR) is 75.3 cm³/mol.